The monoisotopic (exact) mass is 326 g/mol. The minimum absolute atomic E-state index is 0.0691. The van der Waals surface area contributed by atoms with Crippen LogP contribution in [0.1, 0.15) is 25.1 Å². The third-order valence-electron chi connectivity index (χ3n) is 3.60. The average Bonchev–Trinajstić information content (AvgIpc) is 2.50. The predicted octanol–water partition coefficient (Wildman–Crippen LogP) is 1.93. The van der Waals surface area contributed by atoms with Crippen LogP contribution >= 0.6 is 11.6 Å². The van der Waals surface area contributed by atoms with E-state index in [2.05, 4.69) is 9.97 Å². The van der Waals surface area contributed by atoms with Crippen LogP contribution in [0.3, 0.4) is 0 Å². The summed E-state index contributed by atoms with van der Waals surface area (Å²) in [6, 6.07) is -0.0691. The molecular weight excluding hydrogens is 307 g/mol. The number of likely N-dealkylation sites (N-methyl/N-ethyl adjacent to an activating group) is 1. The lowest BCUT2D eigenvalue weighted by Gasteiger charge is -2.24. The van der Waals surface area contributed by atoms with Crippen LogP contribution in [0.4, 0.5) is 10.2 Å². The van der Waals surface area contributed by atoms with Gasteiger partial charge >= 0.3 is 0 Å². The van der Waals surface area contributed by atoms with Crippen LogP contribution < -0.4 is 10.6 Å². The molecule has 22 heavy (non-hydrogen) atoms. The molecule has 7 heteroatoms. The summed E-state index contributed by atoms with van der Waals surface area (Å²) in [5.41, 5.74) is 5.90. The van der Waals surface area contributed by atoms with Crippen molar-refractivity contribution < 1.29 is 9.50 Å². The van der Waals surface area contributed by atoms with Gasteiger partial charge in [-0.15, -0.1) is 0 Å². The summed E-state index contributed by atoms with van der Waals surface area (Å²) in [4.78, 5) is 9.90. The van der Waals surface area contributed by atoms with Crippen molar-refractivity contribution in [2.45, 2.75) is 31.4 Å². The van der Waals surface area contributed by atoms with Crippen molar-refractivity contribution in [2.24, 2.45) is 5.73 Å². The van der Waals surface area contributed by atoms with Crippen LogP contribution in [0.2, 0.25) is 0 Å². The molecule has 0 fully saturated rings. The van der Waals surface area contributed by atoms with Crippen LogP contribution in [0.5, 0.6) is 0 Å². The first-order chi connectivity index (χ1) is 10.4. The van der Waals surface area contributed by atoms with Gasteiger partial charge in [0.1, 0.15) is 5.82 Å². The Hall–Kier alpha value is -1.50. The number of hydrogen-bond donors (Lipinski definition) is 2. The first-order valence-corrected chi connectivity index (χ1v) is 7.53. The van der Waals surface area contributed by atoms with E-state index in [0.717, 1.165) is 12.6 Å². The maximum absolute atomic E-state index is 14.0. The molecule has 0 spiro atoms. The number of aromatic nitrogens is 2. The molecule has 0 aromatic carbocycles. The Labute approximate surface area is 134 Å². The molecule has 0 saturated carbocycles. The highest BCUT2D eigenvalue weighted by Crippen LogP contribution is 2.28. The third-order valence-corrected chi connectivity index (χ3v) is 3.85. The van der Waals surface area contributed by atoms with Gasteiger partial charge in [0.05, 0.1) is 18.2 Å². The van der Waals surface area contributed by atoms with E-state index in [1.165, 1.54) is 0 Å². The summed E-state index contributed by atoms with van der Waals surface area (Å²) < 4.78 is 14.0. The SMILES string of the molecule is CC[C@@H](N)CN(C)c1nc(C2C=C(Cl)C=CC2O)ncc1F. The molecule has 2 rings (SSSR count). The van der Waals surface area contributed by atoms with Gasteiger partial charge in [-0.3, -0.25) is 0 Å². The van der Waals surface area contributed by atoms with Gasteiger partial charge in [-0.25, -0.2) is 14.4 Å². The van der Waals surface area contributed by atoms with Gasteiger partial charge in [-0.1, -0.05) is 30.7 Å². The standard InChI is InChI=1S/C15H20ClFN4O/c1-3-10(18)8-21(2)15-12(17)7-19-14(20-15)11-6-9(16)4-5-13(11)22/h4-7,10-11,13,22H,3,8,18H2,1-2H3/t10-,11?,13?/m1/s1. The van der Waals surface area contributed by atoms with Crippen molar-refractivity contribution in [3.8, 4) is 0 Å². The number of anilines is 1. The highest BCUT2D eigenvalue weighted by Gasteiger charge is 2.25. The number of nitrogens with two attached hydrogens (primary N) is 1. The van der Waals surface area contributed by atoms with Crippen molar-refractivity contribution in [1.29, 1.82) is 0 Å². The van der Waals surface area contributed by atoms with Gasteiger partial charge in [-0.05, 0) is 12.5 Å². The fraction of sp³-hybridized carbons (Fsp3) is 0.467. The minimum atomic E-state index is -0.788. The first-order valence-electron chi connectivity index (χ1n) is 7.15. The molecule has 3 atom stereocenters. The Morgan fingerprint density at radius 3 is 2.95 bits per heavy atom. The van der Waals surface area contributed by atoms with Gasteiger partial charge in [0.15, 0.2) is 11.6 Å². The zero-order valence-corrected chi connectivity index (χ0v) is 13.3. The second kappa shape index (κ2) is 7.17. The first kappa shape index (κ1) is 16.9. The second-order valence-corrected chi connectivity index (χ2v) is 5.81. The van der Waals surface area contributed by atoms with E-state index in [4.69, 9.17) is 17.3 Å². The van der Waals surface area contributed by atoms with Crippen LogP contribution in [-0.4, -0.2) is 40.8 Å². The number of rotatable bonds is 5. The van der Waals surface area contributed by atoms with E-state index >= 15 is 0 Å². The lowest BCUT2D eigenvalue weighted by molar-refractivity contribution is 0.202. The second-order valence-electron chi connectivity index (χ2n) is 5.38. The maximum atomic E-state index is 14.0. The maximum Gasteiger partial charge on any atom is 0.183 e. The van der Waals surface area contributed by atoms with Crippen LogP contribution in [0, 0.1) is 5.82 Å². The topological polar surface area (TPSA) is 75.3 Å². The average molecular weight is 327 g/mol. The molecule has 0 aliphatic heterocycles. The quantitative estimate of drug-likeness (QED) is 0.864. The van der Waals surface area contributed by atoms with Gasteiger partial charge in [-0.2, -0.15) is 0 Å². The Morgan fingerprint density at radius 1 is 1.55 bits per heavy atom. The van der Waals surface area contributed by atoms with Gasteiger partial charge < -0.3 is 15.7 Å². The molecule has 3 N–H and O–H groups in total. The minimum Gasteiger partial charge on any atom is -0.388 e. The zero-order valence-electron chi connectivity index (χ0n) is 12.6. The van der Waals surface area contributed by atoms with Crippen LogP contribution in [0.15, 0.2) is 29.5 Å². The number of halogens is 2. The molecule has 0 radical (unpaired) electrons. The highest BCUT2D eigenvalue weighted by atomic mass is 35.5. The molecule has 1 aromatic rings. The number of hydrogen-bond acceptors (Lipinski definition) is 5. The van der Waals surface area contributed by atoms with Gasteiger partial charge in [0, 0.05) is 24.7 Å². The molecule has 5 nitrogen and oxygen atoms in total. The molecule has 1 aliphatic rings. The summed E-state index contributed by atoms with van der Waals surface area (Å²) >= 11 is 5.95. The van der Waals surface area contributed by atoms with E-state index in [0.29, 0.717) is 17.4 Å². The normalized spacial score (nSPS) is 22.4. The fourth-order valence-electron chi connectivity index (χ4n) is 2.23. The summed E-state index contributed by atoms with van der Waals surface area (Å²) in [5, 5.41) is 10.5. The lowest BCUT2D eigenvalue weighted by atomic mass is 9.97. The lowest BCUT2D eigenvalue weighted by Crippen LogP contribution is -2.36. The Bertz CT molecular complexity index is 593. The molecular formula is C15H20ClFN4O. The summed E-state index contributed by atoms with van der Waals surface area (Å²) in [6.45, 7) is 2.45. The van der Waals surface area contributed by atoms with E-state index in [9.17, 15) is 9.50 Å². The van der Waals surface area contributed by atoms with E-state index in [-0.39, 0.29) is 11.9 Å². The Morgan fingerprint density at radius 2 is 2.27 bits per heavy atom. The summed E-state index contributed by atoms with van der Waals surface area (Å²) in [6.07, 6.45) is 5.94. The molecule has 0 bridgehead atoms. The molecule has 2 unspecified atom stereocenters. The van der Waals surface area contributed by atoms with Crippen LogP contribution in [-0.2, 0) is 0 Å². The fourth-order valence-corrected chi connectivity index (χ4v) is 2.44. The Kier molecular flexibility index (Phi) is 5.50. The molecule has 0 saturated heterocycles. The largest absolute Gasteiger partial charge is 0.388 e. The van der Waals surface area contributed by atoms with Crippen molar-refractivity contribution in [2.75, 3.05) is 18.5 Å². The molecule has 1 aromatic heterocycles. The Balaban J connectivity index is 2.28. The van der Waals surface area contributed by atoms with Crippen molar-refractivity contribution in [1.82, 2.24) is 9.97 Å². The smallest absolute Gasteiger partial charge is 0.183 e. The number of allylic oxidation sites excluding steroid dienone is 2. The van der Waals surface area contributed by atoms with E-state index in [1.54, 1.807) is 30.2 Å². The van der Waals surface area contributed by atoms with E-state index in [1.807, 2.05) is 6.92 Å². The number of nitrogens with zero attached hydrogens (tertiary/aromatic N) is 3. The van der Waals surface area contributed by atoms with Crippen LogP contribution in [0.25, 0.3) is 0 Å². The van der Waals surface area contributed by atoms with E-state index < -0.39 is 17.8 Å². The third kappa shape index (κ3) is 3.82. The summed E-state index contributed by atoms with van der Waals surface area (Å²) in [5.74, 6) is -0.529. The number of aliphatic hydroxyl groups is 1. The molecule has 0 amide bonds. The summed E-state index contributed by atoms with van der Waals surface area (Å²) in [7, 11) is 1.73. The van der Waals surface area contributed by atoms with Crippen molar-refractivity contribution in [3.63, 3.8) is 0 Å². The zero-order chi connectivity index (χ0) is 16.3. The molecule has 1 aliphatic carbocycles. The molecule has 1 heterocycles. The highest BCUT2D eigenvalue weighted by molar-refractivity contribution is 6.31. The molecule has 120 valence electrons. The van der Waals surface area contributed by atoms with Gasteiger partial charge in [0.2, 0.25) is 0 Å². The van der Waals surface area contributed by atoms with Gasteiger partial charge in [0.25, 0.3) is 0 Å². The van der Waals surface area contributed by atoms with Crippen molar-refractivity contribution >= 4 is 17.4 Å². The predicted molar refractivity (Wildman–Crippen MR) is 85.4 cm³/mol. The number of aliphatic hydroxyl groups excluding tert-OH is 1. The van der Waals surface area contributed by atoms with Crippen molar-refractivity contribution in [3.05, 3.63) is 41.1 Å².